The van der Waals surface area contributed by atoms with Crippen molar-refractivity contribution in [1.82, 2.24) is 5.32 Å². The van der Waals surface area contributed by atoms with Crippen LogP contribution in [0.4, 0.5) is 13.2 Å². The van der Waals surface area contributed by atoms with Crippen LogP contribution in [0.5, 0.6) is 0 Å². The first-order chi connectivity index (χ1) is 6.29. The molecular formula is C6H8F3NO3S. The van der Waals surface area contributed by atoms with Crippen molar-refractivity contribution in [3.05, 3.63) is 0 Å². The van der Waals surface area contributed by atoms with Gasteiger partial charge in [0, 0.05) is 5.75 Å². The monoisotopic (exact) mass is 231 g/mol. The minimum atomic E-state index is -5.05. The molecule has 1 unspecified atom stereocenters. The summed E-state index contributed by atoms with van der Waals surface area (Å²) in [6.45, 7) is 0. The summed E-state index contributed by atoms with van der Waals surface area (Å²) >= 11 is 1.03. The van der Waals surface area contributed by atoms with Gasteiger partial charge in [0.1, 0.15) is 6.04 Å². The maximum Gasteiger partial charge on any atom is 0.471 e. The summed E-state index contributed by atoms with van der Waals surface area (Å²) < 4.78 is 35.1. The third-order valence-corrected chi connectivity index (χ3v) is 1.86. The number of carboxylic acids is 1. The molecule has 0 bridgehead atoms. The topological polar surface area (TPSA) is 66.4 Å². The molecule has 0 saturated carbocycles. The van der Waals surface area contributed by atoms with Gasteiger partial charge in [-0.3, -0.25) is 4.79 Å². The van der Waals surface area contributed by atoms with E-state index in [9.17, 15) is 22.8 Å². The van der Waals surface area contributed by atoms with Gasteiger partial charge in [-0.2, -0.15) is 24.9 Å². The molecule has 8 heteroatoms. The van der Waals surface area contributed by atoms with Crippen LogP contribution in [0.3, 0.4) is 0 Å². The highest BCUT2D eigenvalue weighted by Crippen LogP contribution is 2.14. The first-order valence-corrected chi connectivity index (χ1v) is 4.78. The number of halogens is 3. The number of amides is 1. The summed E-state index contributed by atoms with van der Waals surface area (Å²) in [6, 6.07) is -1.51. The quantitative estimate of drug-likeness (QED) is 0.738. The fourth-order valence-electron chi connectivity index (χ4n) is 0.581. The molecule has 0 aromatic heterocycles. The maximum atomic E-state index is 11.7. The first-order valence-electron chi connectivity index (χ1n) is 3.38. The lowest BCUT2D eigenvalue weighted by atomic mass is 10.3. The molecule has 0 aliphatic rings. The van der Waals surface area contributed by atoms with Gasteiger partial charge in [0.2, 0.25) is 0 Å². The Labute approximate surface area is 81.9 Å². The van der Waals surface area contributed by atoms with E-state index in [2.05, 4.69) is 0 Å². The number of nitrogens with one attached hydrogen (secondary N) is 1. The molecule has 0 aromatic rings. The fraction of sp³-hybridized carbons (Fsp3) is 0.667. The molecule has 14 heavy (non-hydrogen) atoms. The predicted octanol–water partition coefficient (Wildman–Crippen LogP) is 0.481. The lowest BCUT2D eigenvalue weighted by Gasteiger charge is -2.14. The van der Waals surface area contributed by atoms with Crippen LogP contribution in [0.25, 0.3) is 0 Å². The Hall–Kier alpha value is -0.920. The van der Waals surface area contributed by atoms with Crippen LogP contribution in [0.15, 0.2) is 0 Å². The highest BCUT2D eigenvalue weighted by Gasteiger charge is 2.40. The van der Waals surface area contributed by atoms with Gasteiger partial charge in [-0.05, 0) is 6.26 Å². The van der Waals surface area contributed by atoms with Gasteiger partial charge in [0.25, 0.3) is 0 Å². The van der Waals surface area contributed by atoms with Crippen molar-refractivity contribution in [1.29, 1.82) is 0 Å². The standard InChI is InChI=1S/C6H8F3NO3S/c1-14-2-3(4(11)12)10-5(13)6(7,8)9/h3H,2H2,1H3,(H,10,13)(H,11,12). The minimum Gasteiger partial charge on any atom is -0.480 e. The molecule has 0 rings (SSSR count). The Kier molecular flexibility index (Phi) is 4.75. The van der Waals surface area contributed by atoms with E-state index in [0.29, 0.717) is 0 Å². The smallest absolute Gasteiger partial charge is 0.471 e. The zero-order valence-corrected chi connectivity index (χ0v) is 7.91. The van der Waals surface area contributed by atoms with Gasteiger partial charge in [-0.15, -0.1) is 0 Å². The molecule has 2 N–H and O–H groups in total. The molecule has 0 spiro atoms. The second kappa shape index (κ2) is 5.08. The van der Waals surface area contributed by atoms with E-state index >= 15 is 0 Å². The average molecular weight is 231 g/mol. The van der Waals surface area contributed by atoms with Gasteiger partial charge < -0.3 is 10.4 Å². The highest BCUT2D eigenvalue weighted by atomic mass is 32.2. The summed E-state index contributed by atoms with van der Waals surface area (Å²) in [5.74, 6) is -3.84. The minimum absolute atomic E-state index is 0.114. The molecule has 1 atom stereocenters. The second-order valence-corrected chi connectivity index (χ2v) is 3.23. The number of carboxylic acid groups (broad SMARTS) is 1. The molecule has 0 saturated heterocycles. The van der Waals surface area contributed by atoms with E-state index in [1.54, 1.807) is 0 Å². The SMILES string of the molecule is CSCC(NC(=O)C(F)(F)F)C(=O)O. The molecule has 0 radical (unpaired) electrons. The molecule has 0 aliphatic carbocycles. The lowest BCUT2D eigenvalue weighted by Crippen LogP contribution is -2.48. The van der Waals surface area contributed by atoms with Gasteiger partial charge in [0.05, 0.1) is 0 Å². The van der Waals surface area contributed by atoms with E-state index in [4.69, 9.17) is 5.11 Å². The number of alkyl halides is 3. The summed E-state index contributed by atoms with van der Waals surface area (Å²) in [6.07, 6.45) is -3.53. The summed E-state index contributed by atoms with van der Waals surface area (Å²) in [7, 11) is 0. The van der Waals surface area contributed by atoms with E-state index in [1.807, 2.05) is 0 Å². The normalized spacial score (nSPS) is 13.4. The average Bonchev–Trinajstić information content (AvgIpc) is 2.01. The van der Waals surface area contributed by atoms with E-state index in [-0.39, 0.29) is 5.75 Å². The summed E-state index contributed by atoms with van der Waals surface area (Å²) in [5.41, 5.74) is 0. The van der Waals surface area contributed by atoms with Crippen LogP contribution >= 0.6 is 11.8 Å². The molecule has 4 nitrogen and oxygen atoms in total. The zero-order valence-electron chi connectivity index (χ0n) is 7.09. The van der Waals surface area contributed by atoms with Gasteiger partial charge in [-0.25, -0.2) is 4.79 Å². The lowest BCUT2D eigenvalue weighted by molar-refractivity contribution is -0.175. The van der Waals surface area contributed by atoms with Crippen molar-refractivity contribution >= 4 is 23.6 Å². The van der Waals surface area contributed by atoms with Crippen LogP contribution in [0, 0.1) is 0 Å². The van der Waals surface area contributed by atoms with E-state index in [1.165, 1.54) is 11.6 Å². The van der Waals surface area contributed by atoms with E-state index in [0.717, 1.165) is 11.8 Å². The van der Waals surface area contributed by atoms with Gasteiger partial charge in [-0.1, -0.05) is 0 Å². The third-order valence-electron chi connectivity index (χ3n) is 1.19. The number of aliphatic carboxylic acids is 1. The number of rotatable bonds is 4. The first kappa shape index (κ1) is 13.1. The van der Waals surface area contributed by atoms with Crippen LogP contribution in [-0.4, -0.2) is 41.2 Å². The number of hydrogen-bond donors (Lipinski definition) is 2. The third kappa shape index (κ3) is 4.35. The van der Waals surface area contributed by atoms with Gasteiger partial charge >= 0.3 is 18.1 Å². The van der Waals surface area contributed by atoms with E-state index < -0.39 is 24.1 Å². The molecule has 0 aromatic carbocycles. The van der Waals surface area contributed by atoms with Crippen molar-refractivity contribution < 1.29 is 27.9 Å². The molecule has 0 fully saturated rings. The van der Waals surface area contributed by atoms with Crippen LogP contribution in [-0.2, 0) is 9.59 Å². The van der Waals surface area contributed by atoms with Crippen molar-refractivity contribution in [3.63, 3.8) is 0 Å². The second-order valence-electron chi connectivity index (χ2n) is 2.32. The van der Waals surface area contributed by atoms with Crippen molar-refractivity contribution in [2.24, 2.45) is 0 Å². The van der Waals surface area contributed by atoms with Crippen molar-refractivity contribution in [2.75, 3.05) is 12.0 Å². The highest BCUT2D eigenvalue weighted by molar-refractivity contribution is 7.98. The fourth-order valence-corrected chi connectivity index (χ4v) is 1.14. The summed E-state index contributed by atoms with van der Waals surface area (Å²) in [5, 5.41) is 9.80. The van der Waals surface area contributed by atoms with Crippen molar-refractivity contribution in [3.8, 4) is 0 Å². The molecule has 1 amide bonds. The Bertz CT molecular complexity index is 231. The van der Waals surface area contributed by atoms with Crippen molar-refractivity contribution in [2.45, 2.75) is 12.2 Å². The number of thioether (sulfide) groups is 1. The summed E-state index contributed by atoms with van der Waals surface area (Å²) in [4.78, 5) is 20.7. The number of carbonyl (C=O) groups is 2. The Balaban J connectivity index is 4.31. The van der Waals surface area contributed by atoms with Crippen LogP contribution in [0.2, 0.25) is 0 Å². The maximum absolute atomic E-state index is 11.7. The Morgan fingerprint density at radius 3 is 2.29 bits per heavy atom. The zero-order chi connectivity index (χ0) is 11.4. The molecule has 82 valence electrons. The predicted molar refractivity (Wildman–Crippen MR) is 44.0 cm³/mol. The molecular weight excluding hydrogens is 223 g/mol. The van der Waals surface area contributed by atoms with Crippen LogP contribution < -0.4 is 5.32 Å². The molecule has 0 aliphatic heterocycles. The largest absolute Gasteiger partial charge is 0.480 e. The van der Waals surface area contributed by atoms with Gasteiger partial charge in [0.15, 0.2) is 0 Å². The Morgan fingerprint density at radius 2 is 2.00 bits per heavy atom. The van der Waals surface area contributed by atoms with Crippen LogP contribution in [0.1, 0.15) is 0 Å². The number of carbonyl (C=O) groups excluding carboxylic acids is 1. The number of hydrogen-bond acceptors (Lipinski definition) is 3. The molecule has 0 heterocycles. The Morgan fingerprint density at radius 1 is 1.50 bits per heavy atom.